The van der Waals surface area contributed by atoms with E-state index in [0.717, 1.165) is 0 Å². The van der Waals surface area contributed by atoms with Crippen LogP contribution in [0.3, 0.4) is 0 Å². The van der Waals surface area contributed by atoms with E-state index in [1.807, 2.05) is 0 Å². The minimum Gasteiger partial charge on any atom is -0.421 e. The van der Waals surface area contributed by atoms with Crippen molar-refractivity contribution in [2.45, 2.75) is 6.92 Å². The van der Waals surface area contributed by atoms with E-state index in [4.69, 9.17) is 27.9 Å². The van der Waals surface area contributed by atoms with Crippen LogP contribution < -0.4 is 10.1 Å². The highest BCUT2D eigenvalue weighted by molar-refractivity contribution is 6.34. The highest BCUT2D eigenvalue weighted by atomic mass is 35.5. The van der Waals surface area contributed by atoms with Crippen molar-refractivity contribution in [3.8, 4) is 5.75 Å². The smallest absolute Gasteiger partial charge is 0.343 e. The number of esters is 1. The number of anilines is 1. The molecule has 0 fully saturated rings. The first-order valence-electron chi connectivity index (χ1n) is 6.00. The Morgan fingerprint density at radius 2 is 1.71 bits per heavy atom. The van der Waals surface area contributed by atoms with Crippen molar-refractivity contribution in [2.24, 2.45) is 0 Å². The quantitative estimate of drug-likeness (QED) is 0.681. The summed E-state index contributed by atoms with van der Waals surface area (Å²) in [7, 11) is 0. The molecule has 1 N–H and O–H groups in total. The fourth-order valence-electron chi connectivity index (χ4n) is 1.61. The normalized spacial score (nSPS) is 10.0. The first-order chi connectivity index (χ1) is 9.95. The van der Waals surface area contributed by atoms with E-state index in [-0.39, 0.29) is 11.7 Å². The zero-order valence-electron chi connectivity index (χ0n) is 11.0. The lowest BCUT2D eigenvalue weighted by Gasteiger charge is -2.07. The molecule has 0 saturated heterocycles. The summed E-state index contributed by atoms with van der Waals surface area (Å²) >= 11 is 11.8. The van der Waals surface area contributed by atoms with Gasteiger partial charge < -0.3 is 10.1 Å². The van der Waals surface area contributed by atoms with Crippen LogP contribution in [-0.4, -0.2) is 11.9 Å². The Kier molecular flexibility index (Phi) is 4.83. The molecular formula is C15H11Cl2NO3. The molecule has 0 aromatic heterocycles. The number of amides is 1. The van der Waals surface area contributed by atoms with Gasteiger partial charge in [0.2, 0.25) is 5.91 Å². The van der Waals surface area contributed by atoms with Crippen LogP contribution in [0.2, 0.25) is 10.0 Å². The Morgan fingerprint density at radius 1 is 1.05 bits per heavy atom. The Morgan fingerprint density at radius 3 is 2.33 bits per heavy atom. The summed E-state index contributed by atoms with van der Waals surface area (Å²) in [6.45, 7) is 1.41. The number of nitrogens with one attached hydrogen (secondary N) is 1. The van der Waals surface area contributed by atoms with Crippen LogP contribution in [0.1, 0.15) is 17.3 Å². The topological polar surface area (TPSA) is 55.4 Å². The molecule has 21 heavy (non-hydrogen) atoms. The molecule has 2 aromatic rings. The number of benzene rings is 2. The van der Waals surface area contributed by atoms with Crippen molar-refractivity contribution >= 4 is 40.8 Å². The third-order valence-electron chi connectivity index (χ3n) is 2.54. The van der Waals surface area contributed by atoms with Gasteiger partial charge in [-0.05, 0) is 36.4 Å². The van der Waals surface area contributed by atoms with Crippen LogP contribution in [0.25, 0.3) is 0 Å². The lowest BCUT2D eigenvalue weighted by molar-refractivity contribution is -0.114. The van der Waals surface area contributed by atoms with Gasteiger partial charge in [-0.2, -0.15) is 0 Å². The average Bonchev–Trinajstić information content (AvgIpc) is 2.43. The van der Waals surface area contributed by atoms with Crippen LogP contribution >= 0.6 is 23.2 Å². The second kappa shape index (κ2) is 6.61. The summed E-state index contributed by atoms with van der Waals surface area (Å²) in [4.78, 5) is 22.9. The number of halogens is 2. The Labute approximate surface area is 131 Å². The van der Waals surface area contributed by atoms with E-state index in [2.05, 4.69) is 5.32 Å². The standard InChI is InChI=1S/C15H11Cl2NO3/c1-9(19)18-12-5-2-10(3-6-12)15(20)21-14-8-11(16)4-7-13(14)17/h2-8H,1H3,(H,18,19). The molecule has 0 radical (unpaired) electrons. The van der Waals surface area contributed by atoms with E-state index in [1.54, 1.807) is 36.4 Å². The van der Waals surface area contributed by atoms with Crippen molar-refractivity contribution < 1.29 is 14.3 Å². The van der Waals surface area contributed by atoms with Gasteiger partial charge in [0.1, 0.15) is 0 Å². The van der Waals surface area contributed by atoms with Crippen LogP contribution in [0.4, 0.5) is 5.69 Å². The SMILES string of the molecule is CC(=O)Nc1ccc(C(=O)Oc2cc(Cl)ccc2Cl)cc1. The van der Waals surface area contributed by atoms with E-state index in [9.17, 15) is 9.59 Å². The summed E-state index contributed by atoms with van der Waals surface area (Å²) in [5, 5.41) is 3.32. The molecule has 0 bridgehead atoms. The first-order valence-corrected chi connectivity index (χ1v) is 6.76. The second-order valence-electron chi connectivity index (χ2n) is 4.22. The molecule has 0 aliphatic rings. The number of hydrogen-bond acceptors (Lipinski definition) is 3. The molecule has 2 aromatic carbocycles. The third-order valence-corrected chi connectivity index (χ3v) is 3.08. The minimum atomic E-state index is -0.562. The summed E-state index contributed by atoms with van der Waals surface area (Å²) in [6, 6.07) is 10.9. The molecule has 0 atom stereocenters. The lowest BCUT2D eigenvalue weighted by atomic mass is 10.2. The maximum atomic E-state index is 12.0. The molecule has 0 unspecified atom stereocenters. The number of hydrogen-bond donors (Lipinski definition) is 1. The molecule has 4 nitrogen and oxygen atoms in total. The van der Waals surface area contributed by atoms with Gasteiger partial charge in [0.15, 0.2) is 5.75 Å². The highest BCUT2D eigenvalue weighted by Crippen LogP contribution is 2.28. The van der Waals surface area contributed by atoms with Crippen molar-refractivity contribution in [1.29, 1.82) is 0 Å². The molecule has 0 saturated carbocycles. The molecular weight excluding hydrogens is 313 g/mol. The fourth-order valence-corrected chi connectivity index (χ4v) is 1.93. The number of carbonyl (C=O) groups is 2. The third kappa shape index (κ3) is 4.21. The zero-order valence-corrected chi connectivity index (χ0v) is 12.5. The summed E-state index contributed by atoms with van der Waals surface area (Å²) in [6.07, 6.45) is 0. The van der Waals surface area contributed by atoms with Crippen LogP contribution in [-0.2, 0) is 4.79 Å². The van der Waals surface area contributed by atoms with E-state index < -0.39 is 5.97 Å². The van der Waals surface area contributed by atoms with Gasteiger partial charge in [0.25, 0.3) is 0 Å². The zero-order chi connectivity index (χ0) is 15.4. The monoisotopic (exact) mass is 323 g/mol. The lowest BCUT2D eigenvalue weighted by Crippen LogP contribution is -2.10. The van der Waals surface area contributed by atoms with Crippen LogP contribution in [0, 0.1) is 0 Å². The van der Waals surface area contributed by atoms with Crippen molar-refractivity contribution in [3.05, 3.63) is 58.1 Å². The Balaban J connectivity index is 2.13. The maximum absolute atomic E-state index is 12.0. The average molecular weight is 324 g/mol. The molecule has 0 aliphatic carbocycles. The minimum absolute atomic E-state index is 0.184. The van der Waals surface area contributed by atoms with Gasteiger partial charge in [0.05, 0.1) is 10.6 Å². The van der Waals surface area contributed by atoms with Gasteiger partial charge >= 0.3 is 5.97 Å². The molecule has 108 valence electrons. The number of rotatable bonds is 3. The summed E-state index contributed by atoms with van der Waals surface area (Å²) in [5.74, 6) is -0.551. The van der Waals surface area contributed by atoms with Crippen LogP contribution in [0.5, 0.6) is 5.75 Å². The number of ether oxygens (including phenoxy) is 1. The van der Waals surface area contributed by atoms with Crippen LogP contribution in [0.15, 0.2) is 42.5 Å². The Bertz CT molecular complexity index is 684. The Hall–Kier alpha value is -2.04. The molecule has 0 spiro atoms. The summed E-state index contributed by atoms with van der Waals surface area (Å²) < 4.78 is 5.19. The molecule has 2 rings (SSSR count). The number of carbonyl (C=O) groups excluding carboxylic acids is 2. The van der Waals surface area contributed by atoms with Gasteiger partial charge in [-0.15, -0.1) is 0 Å². The second-order valence-corrected chi connectivity index (χ2v) is 5.07. The molecule has 0 heterocycles. The molecule has 1 amide bonds. The van der Waals surface area contributed by atoms with Crippen molar-refractivity contribution in [3.63, 3.8) is 0 Å². The van der Waals surface area contributed by atoms with E-state index in [1.165, 1.54) is 13.0 Å². The fraction of sp³-hybridized carbons (Fsp3) is 0.0667. The molecule has 6 heteroatoms. The van der Waals surface area contributed by atoms with E-state index >= 15 is 0 Å². The maximum Gasteiger partial charge on any atom is 0.343 e. The highest BCUT2D eigenvalue weighted by Gasteiger charge is 2.11. The van der Waals surface area contributed by atoms with Crippen molar-refractivity contribution in [1.82, 2.24) is 0 Å². The van der Waals surface area contributed by atoms with Crippen molar-refractivity contribution in [2.75, 3.05) is 5.32 Å². The molecule has 0 aliphatic heterocycles. The predicted molar refractivity (Wildman–Crippen MR) is 82.2 cm³/mol. The predicted octanol–water partition coefficient (Wildman–Crippen LogP) is 4.17. The largest absolute Gasteiger partial charge is 0.421 e. The van der Waals surface area contributed by atoms with Gasteiger partial charge in [-0.25, -0.2) is 4.79 Å². The van der Waals surface area contributed by atoms with E-state index in [0.29, 0.717) is 21.3 Å². The van der Waals surface area contributed by atoms with Gasteiger partial charge in [0, 0.05) is 23.7 Å². The first kappa shape index (κ1) is 15.4. The summed E-state index contributed by atoms with van der Waals surface area (Å²) in [5.41, 5.74) is 0.931. The van der Waals surface area contributed by atoms with Gasteiger partial charge in [-0.3, -0.25) is 4.79 Å². The van der Waals surface area contributed by atoms with Gasteiger partial charge in [-0.1, -0.05) is 23.2 Å².